The molecule has 0 aromatic heterocycles. The largest absolute Gasteiger partial charge is 0.490 e. The van der Waals surface area contributed by atoms with Gasteiger partial charge in [-0.05, 0) is 56.2 Å². The van der Waals surface area contributed by atoms with Crippen molar-refractivity contribution in [1.29, 1.82) is 0 Å². The first-order valence-electron chi connectivity index (χ1n) is 7.21. The fourth-order valence-corrected chi connectivity index (χ4v) is 2.72. The van der Waals surface area contributed by atoms with Crippen LogP contribution in [0.25, 0.3) is 0 Å². The molecule has 1 aliphatic carbocycles. The average molecular weight is 247 g/mol. The average Bonchev–Trinajstić information content (AvgIpc) is 2.40. The van der Waals surface area contributed by atoms with E-state index in [-0.39, 0.29) is 6.04 Å². The highest BCUT2D eigenvalue weighted by atomic mass is 16.5. The second kappa shape index (κ2) is 6.24. The van der Waals surface area contributed by atoms with Gasteiger partial charge in [-0.3, -0.25) is 0 Å². The number of rotatable bonds is 4. The molecule has 0 aliphatic heterocycles. The van der Waals surface area contributed by atoms with Crippen molar-refractivity contribution in [1.82, 2.24) is 0 Å². The van der Waals surface area contributed by atoms with Crippen LogP contribution >= 0.6 is 0 Å². The van der Waals surface area contributed by atoms with Gasteiger partial charge in [-0.2, -0.15) is 0 Å². The first kappa shape index (κ1) is 13.4. The van der Waals surface area contributed by atoms with Crippen LogP contribution in [0.5, 0.6) is 5.75 Å². The summed E-state index contributed by atoms with van der Waals surface area (Å²) in [6, 6.07) is 8.29. The van der Waals surface area contributed by atoms with Crippen LogP contribution in [0.3, 0.4) is 0 Å². The molecule has 2 rings (SSSR count). The van der Waals surface area contributed by atoms with Crippen molar-refractivity contribution in [2.24, 2.45) is 11.7 Å². The van der Waals surface area contributed by atoms with Crippen molar-refractivity contribution in [2.75, 3.05) is 0 Å². The van der Waals surface area contributed by atoms with E-state index in [0.717, 1.165) is 17.2 Å². The lowest BCUT2D eigenvalue weighted by atomic mass is 9.86. The third kappa shape index (κ3) is 3.49. The molecule has 0 heterocycles. The van der Waals surface area contributed by atoms with Gasteiger partial charge < -0.3 is 10.5 Å². The summed E-state index contributed by atoms with van der Waals surface area (Å²) in [5.74, 6) is 1.89. The van der Waals surface area contributed by atoms with Gasteiger partial charge in [0.1, 0.15) is 5.75 Å². The molecule has 1 atom stereocenters. The second-order valence-electron chi connectivity index (χ2n) is 5.53. The van der Waals surface area contributed by atoms with E-state index in [1.54, 1.807) is 0 Å². The van der Waals surface area contributed by atoms with Crippen LogP contribution in [-0.2, 0) is 0 Å². The minimum absolute atomic E-state index is 0.0735. The van der Waals surface area contributed by atoms with Gasteiger partial charge in [0.25, 0.3) is 0 Å². The van der Waals surface area contributed by atoms with Crippen molar-refractivity contribution in [3.8, 4) is 5.75 Å². The monoisotopic (exact) mass is 247 g/mol. The third-order valence-corrected chi connectivity index (χ3v) is 4.06. The first-order chi connectivity index (χ1) is 8.69. The fraction of sp³-hybridized carbons (Fsp3) is 0.625. The Morgan fingerprint density at radius 3 is 2.61 bits per heavy atom. The summed E-state index contributed by atoms with van der Waals surface area (Å²) in [5.41, 5.74) is 7.04. The van der Waals surface area contributed by atoms with Crippen molar-refractivity contribution >= 4 is 0 Å². The molecule has 0 saturated heterocycles. The highest BCUT2D eigenvalue weighted by Crippen LogP contribution is 2.29. The summed E-state index contributed by atoms with van der Waals surface area (Å²) in [5, 5.41) is 0. The Kier molecular flexibility index (Phi) is 4.65. The summed E-state index contributed by atoms with van der Waals surface area (Å²) < 4.78 is 6.08. The zero-order valence-corrected chi connectivity index (χ0v) is 11.6. The first-order valence-corrected chi connectivity index (χ1v) is 7.21. The van der Waals surface area contributed by atoms with Crippen LogP contribution in [-0.4, -0.2) is 6.10 Å². The van der Waals surface area contributed by atoms with E-state index in [9.17, 15) is 0 Å². The van der Waals surface area contributed by atoms with Crippen molar-refractivity contribution in [3.63, 3.8) is 0 Å². The molecule has 1 fully saturated rings. The second-order valence-corrected chi connectivity index (χ2v) is 5.53. The van der Waals surface area contributed by atoms with Crippen LogP contribution in [0, 0.1) is 5.92 Å². The Hall–Kier alpha value is -1.02. The number of ether oxygens (including phenoxy) is 1. The molecule has 1 saturated carbocycles. The summed E-state index contributed by atoms with van der Waals surface area (Å²) in [6.07, 6.45) is 6.73. The van der Waals surface area contributed by atoms with E-state index in [1.807, 2.05) is 19.1 Å². The molecule has 1 aromatic rings. The molecule has 100 valence electrons. The summed E-state index contributed by atoms with van der Waals surface area (Å²) >= 11 is 0. The van der Waals surface area contributed by atoms with E-state index in [2.05, 4.69) is 19.1 Å². The minimum Gasteiger partial charge on any atom is -0.490 e. The Bertz CT molecular complexity index is 367. The normalized spacial score (nSPS) is 25.7. The van der Waals surface area contributed by atoms with E-state index in [1.165, 1.54) is 32.1 Å². The summed E-state index contributed by atoms with van der Waals surface area (Å²) in [4.78, 5) is 0. The molecule has 18 heavy (non-hydrogen) atoms. The molecule has 0 radical (unpaired) electrons. The number of benzene rings is 1. The Morgan fingerprint density at radius 2 is 2.00 bits per heavy atom. The molecule has 0 amide bonds. The third-order valence-electron chi connectivity index (χ3n) is 4.06. The van der Waals surface area contributed by atoms with Gasteiger partial charge >= 0.3 is 0 Å². The maximum atomic E-state index is 6.08. The molecule has 2 nitrogen and oxygen atoms in total. The molecule has 2 heteroatoms. The summed E-state index contributed by atoms with van der Waals surface area (Å²) in [6.45, 7) is 4.30. The number of hydrogen-bond donors (Lipinski definition) is 1. The highest BCUT2D eigenvalue weighted by molar-refractivity contribution is 5.30. The van der Waals surface area contributed by atoms with Gasteiger partial charge in [0, 0.05) is 6.04 Å². The quantitative estimate of drug-likeness (QED) is 0.871. The smallest absolute Gasteiger partial charge is 0.120 e. The van der Waals surface area contributed by atoms with Crippen LogP contribution in [0.15, 0.2) is 24.3 Å². The van der Waals surface area contributed by atoms with Crippen molar-refractivity contribution in [2.45, 2.75) is 58.1 Å². The van der Waals surface area contributed by atoms with E-state index < -0.39 is 0 Å². The molecular formula is C16H25NO. The predicted molar refractivity (Wildman–Crippen MR) is 75.7 cm³/mol. The van der Waals surface area contributed by atoms with Crippen LogP contribution in [0.2, 0.25) is 0 Å². The summed E-state index contributed by atoms with van der Waals surface area (Å²) in [7, 11) is 0. The standard InChI is InChI=1S/C16H25NO/c1-3-13-7-9-15(10-8-13)18-16-6-4-5-14(11-16)12(2)17/h4-6,11-13,15H,3,7-10,17H2,1-2H3/t12-,13?,15?/m1/s1. The van der Waals surface area contributed by atoms with E-state index >= 15 is 0 Å². The van der Waals surface area contributed by atoms with Gasteiger partial charge in [-0.15, -0.1) is 0 Å². The van der Waals surface area contributed by atoms with Gasteiger partial charge in [-0.25, -0.2) is 0 Å². The Morgan fingerprint density at radius 1 is 1.28 bits per heavy atom. The topological polar surface area (TPSA) is 35.2 Å². The molecule has 0 spiro atoms. The molecule has 1 aliphatic rings. The van der Waals surface area contributed by atoms with Crippen molar-refractivity contribution < 1.29 is 4.74 Å². The number of nitrogens with two attached hydrogens (primary N) is 1. The van der Waals surface area contributed by atoms with Crippen LogP contribution in [0.4, 0.5) is 0 Å². The zero-order chi connectivity index (χ0) is 13.0. The zero-order valence-electron chi connectivity index (χ0n) is 11.6. The molecule has 0 bridgehead atoms. The van der Waals surface area contributed by atoms with Gasteiger partial charge in [0.2, 0.25) is 0 Å². The maximum Gasteiger partial charge on any atom is 0.120 e. The number of hydrogen-bond acceptors (Lipinski definition) is 2. The fourth-order valence-electron chi connectivity index (χ4n) is 2.72. The SMILES string of the molecule is CCC1CCC(Oc2cccc([C@@H](C)N)c2)CC1. The molecule has 0 unspecified atom stereocenters. The predicted octanol–water partition coefficient (Wildman–Crippen LogP) is 4.05. The lowest BCUT2D eigenvalue weighted by Crippen LogP contribution is -2.24. The van der Waals surface area contributed by atoms with Crippen LogP contribution in [0.1, 0.15) is 57.6 Å². The van der Waals surface area contributed by atoms with E-state index in [0.29, 0.717) is 6.10 Å². The Labute approximate surface area is 111 Å². The van der Waals surface area contributed by atoms with Gasteiger partial charge in [0.05, 0.1) is 6.10 Å². The Balaban J connectivity index is 1.92. The van der Waals surface area contributed by atoms with Crippen LogP contribution < -0.4 is 10.5 Å². The van der Waals surface area contributed by atoms with Gasteiger partial charge in [0.15, 0.2) is 0 Å². The lowest BCUT2D eigenvalue weighted by Gasteiger charge is -2.28. The highest BCUT2D eigenvalue weighted by Gasteiger charge is 2.21. The van der Waals surface area contributed by atoms with E-state index in [4.69, 9.17) is 10.5 Å². The maximum absolute atomic E-state index is 6.08. The lowest BCUT2D eigenvalue weighted by molar-refractivity contribution is 0.130. The minimum atomic E-state index is 0.0735. The van der Waals surface area contributed by atoms with Gasteiger partial charge in [-0.1, -0.05) is 25.5 Å². The molecule has 1 aromatic carbocycles. The molecular weight excluding hydrogens is 222 g/mol. The molecule has 2 N–H and O–H groups in total. The van der Waals surface area contributed by atoms with Crippen molar-refractivity contribution in [3.05, 3.63) is 29.8 Å².